The van der Waals surface area contributed by atoms with Crippen molar-refractivity contribution in [2.24, 2.45) is 0 Å². The highest BCUT2D eigenvalue weighted by Gasteiger charge is 2.31. The fraction of sp³-hybridized carbons (Fsp3) is 0.250. The molecule has 0 saturated carbocycles. The van der Waals surface area contributed by atoms with Crippen LogP contribution in [0.25, 0.3) is 5.69 Å². The van der Waals surface area contributed by atoms with E-state index >= 15 is 0 Å². The summed E-state index contributed by atoms with van der Waals surface area (Å²) in [6.07, 6.45) is 0.587. The molecule has 20 heavy (non-hydrogen) atoms. The Labute approximate surface area is 118 Å². The Hall–Kier alpha value is -2.36. The molecular weight excluding hydrogens is 250 g/mol. The third-order valence-corrected chi connectivity index (χ3v) is 3.67. The summed E-state index contributed by atoms with van der Waals surface area (Å²) in [7, 11) is 0. The number of carbonyl (C=O) groups excluding carboxylic acids is 1. The predicted octanol–water partition coefficient (Wildman–Crippen LogP) is 2.65. The predicted molar refractivity (Wildman–Crippen MR) is 79.2 cm³/mol. The first-order valence-electron chi connectivity index (χ1n) is 6.77. The van der Waals surface area contributed by atoms with Crippen LogP contribution < -0.4 is 4.90 Å². The summed E-state index contributed by atoms with van der Waals surface area (Å²) in [5.74, 6) is 0.880. The zero-order valence-electron chi connectivity index (χ0n) is 11.8. The van der Waals surface area contributed by atoms with Crippen molar-refractivity contribution in [3.63, 3.8) is 0 Å². The summed E-state index contributed by atoms with van der Waals surface area (Å²) in [6.45, 7) is 8.45. The number of hydrogen-bond acceptors (Lipinski definition) is 2. The molecule has 1 amide bonds. The third-order valence-electron chi connectivity index (χ3n) is 3.67. The van der Waals surface area contributed by atoms with Crippen LogP contribution in [0.5, 0.6) is 0 Å². The van der Waals surface area contributed by atoms with Gasteiger partial charge < -0.3 is 0 Å². The molecule has 1 aromatic heterocycles. The van der Waals surface area contributed by atoms with Gasteiger partial charge in [0.25, 0.3) is 5.91 Å². The summed E-state index contributed by atoms with van der Waals surface area (Å²) in [5, 5.41) is 4.61. The van der Waals surface area contributed by atoms with Crippen molar-refractivity contribution >= 4 is 11.7 Å². The van der Waals surface area contributed by atoms with Gasteiger partial charge in [0.15, 0.2) is 0 Å². The Kier molecular flexibility index (Phi) is 2.93. The van der Waals surface area contributed by atoms with Gasteiger partial charge in [-0.25, -0.2) is 4.68 Å². The first-order chi connectivity index (χ1) is 9.63. The molecule has 0 N–H and O–H groups in total. The monoisotopic (exact) mass is 267 g/mol. The van der Waals surface area contributed by atoms with E-state index < -0.39 is 0 Å². The Morgan fingerprint density at radius 2 is 2.00 bits per heavy atom. The van der Waals surface area contributed by atoms with Gasteiger partial charge in [-0.1, -0.05) is 24.8 Å². The van der Waals surface area contributed by atoms with Gasteiger partial charge in [-0.3, -0.25) is 9.69 Å². The number of hydrogen-bond donors (Lipinski definition) is 0. The maximum Gasteiger partial charge on any atom is 0.255 e. The molecule has 0 saturated heterocycles. The average molecular weight is 267 g/mol. The van der Waals surface area contributed by atoms with Gasteiger partial charge in [0.05, 0.1) is 11.4 Å². The number of fused-ring (bicyclic) bond motifs is 1. The highest BCUT2D eigenvalue weighted by Crippen LogP contribution is 2.33. The quantitative estimate of drug-likeness (QED) is 0.785. The van der Waals surface area contributed by atoms with Crippen molar-refractivity contribution in [2.75, 3.05) is 11.4 Å². The number of rotatable bonds is 2. The Balaban J connectivity index is 2.23. The first-order valence-corrected chi connectivity index (χ1v) is 6.77. The molecule has 4 heteroatoms. The molecule has 1 aliphatic heterocycles. The number of nitrogens with zero attached hydrogens (tertiary/aromatic N) is 3. The highest BCUT2D eigenvalue weighted by atomic mass is 16.2. The molecular formula is C16H17N3O. The van der Waals surface area contributed by atoms with Gasteiger partial charge in [-0.2, -0.15) is 5.10 Å². The summed E-state index contributed by atoms with van der Waals surface area (Å²) in [5.41, 5.74) is 3.65. The lowest BCUT2D eigenvalue weighted by atomic mass is 10.0. The van der Waals surface area contributed by atoms with Gasteiger partial charge in [0.1, 0.15) is 5.82 Å². The molecule has 0 unspecified atom stereocenters. The summed E-state index contributed by atoms with van der Waals surface area (Å²) in [4.78, 5) is 14.1. The molecule has 3 rings (SSSR count). The highest BCUT2D eigenvalue weighted by molar-refractivity contribution is 6.07. The number of likely N-dealkylation sites (N-methyl/N-ethyl adjacent to an activating group) is 1. The van der Waals surface area contributed by atoms with E-state index in [1.165, 1.54) is 0 Å². The molecule has 2 aromatic rings. The SMILES string of the molecule is C=C1Cc2c(C)nn(-c3ccccc3)c2N(CC)C1=O. The van der Waals surface area contributed by atoms with Crippen LogP contribution in [-0.2, 0) is 11.2 Å². The smallest absolute Gasteiger partial charge is 0.255 e. The first kappa shape index (κ1) is 12.7. The minimum atomic E-state index is -0.00270. The third kappa shape index (κ3) is 1.76. The van der Waals surface area contributed by atoms with Gasteiger partial charge in [0, 0.05) is 24.1 Å². The Bertz CT molecular complexity index is 685. The van der Waals surface area contributed by atoms with E-state index in [0.29, 0.717) is 18.5 Å². The Morgan fingerprint density at radius 1 is 1.30 bits per heavy atom. The lowest BCUT2D eigenvalue weighted by Gasteiger charge is -2.28. The van der Waals surface area contributed by atoms with Crippen LogP contribution in [-0.4, -0.2) is 22.2 Å². The zero-order chi connectivity index (χ0) is 14.3. The standard InChI is InChI=1S/C16H17N3O/c1-4-18-15-14(10-11(2)16(18)20)12(3)17-19(15)13-8-6-5-7-9-13/h5-9H,2,4,10H2,1,3H3. The molecule has 4 nitrogen and oxygen atoms in total. The van der Waals surface area contributed by atoms with Gasteiger partial charge in [0.2, 0.25) is 0 Å². The van der Waals surface area contributed by atoms with Gasteiger partial charge in [-0.05, 0) is 26.0 Å². The van der Waals surface area contributed by atoms with Crippen LogP contribution in [0.15, 0.2) is 42.5 Å². The molecule has 0 aliphatic carbocycles. The second-order valence-electron chi connectivity index (χ2n) is 4.96. The van der Waals surface area contributed by atoms with E-state index in [-0.39, 0.29) is 5.91 Å². The van der Waals surface area contributed by atoms with Crippen molar-refractivity contribution in [2.45, 2.75) is 20.3 Å². The van der Waals surface area contributed by atoms with E-state index in [4.69, 9.17) is 0 Å². The molecule has 1 aromatic carbocycles. The molecule has 0 radical (unpaired) electrons. The summed E-state index contributed by atoms with van der Waals surface area (Å²) < 4.78 is 1.86. The second kappa shape index (κ2) is 4.63. The van der Waals surface area contributed by atoms with Crippen LogP contribution in [0.3, 0.4) is 0 Å². The van der Waals surface area contributed by atoms with Crippen molar-refractivity contribution in [3.05, 3.63) is 53.7 Å². The maximum absolute atomic E-state index is 12.3. The lowest BCUT2D eigenvalue weighted by molar-refractivity contribution is -0.115. The van der Waals surface area contributed by atoms with E-state index in [0.717, 1.165) is 22.8 Å². The van der Waals surface area contributed by atoms with Gasteiger partial charge in [-0.15, -0.1) is 0 Å². The van der Waals surface area contributed by atoms with Crippen LogP contribution >= 0.6 is 0 Å². The normalized spacial score (nSPS) is 14.6. The van der Waals surface area contributed by atoms with Crippen LogP contribution in [0.4, 0.5) is 5.82 Å². The number of amides is 1. The van der Waals surface area contributed by atoms with Crippen LogP contribution in [0.1, 0.15) is 18.2 Å². The lowest BCUT2D eigenvalue weighted by Crippen LogP contribution is -2.37. The van der Waals surface area contributed by atoms with Crippen molar-refractivity contribution in [1.29, 1.82) is 0 Å². The average Bonchev–Trinajstić information content (AvgIpc) is 2.78. The van der Waals surface area contributed by atoms with Crippen LogP contribution in [0.2, 0.25) is 0 Å². The summed E-state index contributed by atoms with van der Waals surface area (Å²) in [6, 6.07) is 9.90. The molecule has 0 fully saturated rings. The fourth-order valence-electron chi connectivity index (χ4n) is 2.65. The zero-order valence-corrected chi connectivity index (χ0v) is 11.8. The number of benzene rings is 1. The molecule has 0 atom stereocenters. The largest absolute Gasteiger partial charge is 0.293 e. The number of aryl methyl sites for hydroxylation is 1. The fourth-order valence-corrected chi connectivity index (χ4v) is 2.65. The van der Waals surface area contributed by atoms with Gasteiger partial charge >= 0.3 is 0 Å². The molecule has 2 heterocycles. The van der Waals surface area contributed by atoms with Crippen molar-refractivity contribution < 1.29 is 4.79 Å². The Morgan fingerprint density at radius 3 is 2.65 bits per heavy atom. The van der Waals surface area contributed by atoms with E-state index in [1.54, 1.807) is 4.90 Å². The topological polar surface area (TPSA) is 38.1 Å². The number of carbonyl (C=O) groups is 1. The maximum atomic E-state index is 12.3. The van der Waals surface area contributed by atoms with E-state index in [2.05, 4.69) is 11.7 Å². The van der Waals surface area contributed by atoms with Crippen molar-refractivity contribution in [3.8, 4) is 5.69 Å². The molecule has 1 aliphatic rings. The van der Waals surface area contributed by atoms with E-state index in [9.17, 15) is 4.79 Å². The minimum absolute atomic E-state index is 0.00270. The summed E-state index contributed by atoms with van der Waals surface area (Å²) >= 11 is 0. The molecule has 102 valence electrons. The van der Waals surface area contributed by atoms with Crippen LogP contribution in [0, 0.1) is 6.92 Å². The number of aromatic nitrogens is 2. The minimum Gasteiger partial charge on any atom is -0.293 e. The molecule has 0 spiro atoms. The molecule has 0 bridgehead atoms. The number of para-hydroxylation sites is 1. The van der Waals surface area contributed by atoms with E-state index in [1.807, 2.05) is 48.9 Å². The second-order valence-corrected chi connectivity index (χ2v) is 4.96. The van der Waals surface area contributed by atoms with Crippen molar-refractivity contribution in [1.82, 2.24) is 9.78 Å². The number of anilines is 1.